The number of nitrogen functional groups attached to an aromatic ring is 1. The smallest absolute Gasteiger partial charge is 0.478 e. The summed E-state index contributed by atoms with van der Waals surface area (Å²) < 4.78 is 39.3. The number of halogens is 4. The molecule has 0 aliphatic heterocycles. The predicted molar refractivity (Wildman–Crippen MR) is 49.5 cm³/mol. The van der Waals surface area contributed by atoms with Crippen LogP contribution in [0.15, 0.2) is 12.1 Å². The van der Waals surface area contributed by atoms with Gasteiger partial charge in [-0.05, 0) is 12.1 Å². The number of nitrogens with two attached hydrogens (primary N) is 1. The van der Waals surface area contributed by atoms with Crippen LogP contribution >= 0.6 is 11.6 Å². The molecule has 0 saturated carbocycles. The average Bonchev–Trinajstić information content (AvgIpc) is 2.09. The van der Waals surface area contributed by atoms with Gasteiger partial charge in [-0.2, -0.15) is 0 Å². The monoisotopic (exact) mass is 255 g/mol. The van der Waals surface area contributed by atoms with Crippen molar-refractivity contribution in [2.45, 2.75) is 6.36 Å². The molecule has 0 atom stereocenters. The molecule has 0 fully saturated rings. The van der Waals surface area contributed by atoms with Crippen LogP contribution in [0, 0.1) is 0 Å². The molecule has 0 saturated heterocycles. The first-order valence-electron chi connectivity index (χ1n) is 3.79. The highest BCUT2D eigenvalue weighted by Gasteiger charge is 2.33. The number of anilines is 1. The van der Waals surface area contributed by atoms with E-state index in [0.29, 0.717) is 0 Å². The molecule has 1 rings (SSSR count). The molecule has 0 bridgehead atoms. The number of aromatic carboxylic acids is 1. The van der Waals surface area contributed by atoms with E-state index in [4.69, 9.17) is 22.4 Å². The van der Waals surface area contributed by atoms with Crippen LogP contribution in [0.4, 0.5) is 18.9 Å². The van der Waals surface area contributed by atoms with E-state index in [-0.39, 0.29) is 5.56 Å². The maximum atomic E-state index is 11.9. The second-order valence-corrected chi connectivity index (χ2v) is 3.14. The largest absolute Gasteiger partial charge is 0.573 e. The van der Waals surface area contributed by atoms with Crippen LogP contribution in [0.3, 0.4) is 0 Å². The van der Waals surface area contributed by atoms with Gasteiger partial charge in [-0.15, -0.1) is 13.2 Å². The first-order valence-corrected chi connectivity index (χ1v) is 4.16. The quantitative estimate of drug-likeness (QED) is 0.797. The fourth-order valence-corrected chi connectivity index (χ4v) is 1.23. The van der Waals surface area contributed by atoms with Crippen molar-refractivity contribution in [1.29, 1.82) is 0 Å². The number of rotatable bonds is 2. The lowest BCUT2D eigenvalue weighted by Gasteiger charge is -2.13. The third-order valence-corrected chi connectivity index (χ3v) is 1.82. The normalized spacial score (nSPS) is 11.2. The van der Waals surface area contributed by atoms with Crippen molar-refractivity contribution in [2.24, 2.45) is 0 Å². The zero-order valence-electron chi connectivity index (χ0n) is 7.51. The maximum absolute atomic E-state index is 11.9. The molecule has 0 heterocycles. The Bertz CT molecular complexity index is 410. The van der Waals surface area contributed by atoms with Crippen molar-refractivity contribution < 1.29 is 27.8 Å². The number of hydrogen-bond acceptors (Lipinski definition) is 3. The van der Waals surface area contributed by atoms with E-state index >= 15 is 0 Å². The van der Waals surface area contributed by atoms with Gasteiger partial charge in [0.05, 0.1) is 16.3 Å². The van der Waals surface area contributed by atoms with Crippen molar-refractivity contribution >= 4 is 23.3 Å². The van der Waals surface area contributed by atoms with Crippen molar-refractivity contribution in [1.82, 2.24) is 0 Å². The molecule has 88 valence electrons. The third kappa shape index (κ3) is 2.93. The molecule has 0 radical (unpaired) electrons. The molecular formula is C8H5ClF3NO3. The van der Waals surface area contributed by atoms with E-state index in [1.165, 1.54) is 0 Å². The van der Waals surface area contributed by atoms with Crippen LogP contribution in [0.2, 0.25) is 5.02 Å². The Labute approximate surface area is 92.4 Å². The van der Waals surface area contributed by atoms with E-state index in [2.05, 4.69) is 4.74 Å². The van der Waals surface area contributed by atoms with Crippen molar-refractivity contribution in [2.75, 3.05) is 5.73 Å². The third-order valence-electron chi connectivity index (χ3n) is 1.54. The molecule has 0 aromatic heterocycles. The van der Waals surface area contributed by atoms with Crippen LogP contribution in [-0.2, 0) is 0 Å². The van der Waals surface area contributed by atoms with Gasteiger partial charge in [-0.3, -0.25) is 0 Å². The van der Waals surface area contributed by atoms with Crippen LogP contribution in [0.5, 0.6) is 5.75 Å². The number of carbonyl (C=O) groups is 1. The van der Waals surface area contributed by atoms with E-state index in [9.17, 15) is 18.0 Å². The Balaban J connectivity index is 3.18. The van der Waals surface area contributed by atoms with E-state index in [1.807, 2.05) is 0 Å². The van der Waals surface area contributed by atoms with Crippen LogP contribution < -0.4 is 10.5 Å². The molecule has 0 spiro atoms. The van der Waals surface area contributed by atoms with Gasteiger partial charge in [-0.1, -0.05) is 11.6 Å². The van der Waals surface area contributed by atoms with Crippen LogP contribution in [0.1, 0.15) is 10.4 Å². The molecule has 0 aliphatic carbocycles. The molecule has 16 heavy (non-hydrogen) atoms. The summed E-state index contributed by atoms with van der Waals surface area (Å²) in [5, 5.41) is 8.06. The van der Waals surface area contributed by atoms with Crippen molar-refractivity contribution in [3.8, 4) is 5.75 Å². The Morgan fingerprint density at radius 2 is 2.00 bits per heavy atom. The van der Waals surface area contributed by atoms with Crippen LogP contribution in [-0.4, -0.2) is 17.4 Å². The molecule has 1 aromatic carbocycles. The average molecular weight is 256 g/mol. The molecule has 0 aliphatic rings. The van der Waals surface area contributed by atoms with E-state index < -0.39 is 28.8 Å². The van der Waals surface area contributed by atoms with Crippen molar-refractivity contribution in [3.63, 3.8) is 0 Å². The van der Waals surface area contributed by atoms with Gasteiger partial charge >= 0.3 is 12.3 Å². The Morgan fingerprint density at radius 3 is 2.38 bits per heavy atom. The summed E-state index contributed by atoms with van der Waals surface area (Å²) in [5.74, 6) is -2.16. The van der Waals surface area contributed by atoms with Crippen LogP contribution in [0.25, 0.3) is 0 Å². The van der Waals surface area contributed by atoms with Gasteiger partial charge in [0.1, 0.15) is 0 Å². The molecule has 4 nitrogen and oxygen atoms in total. The van der Waals surface area contributed by atoms with Gasteiger partial charge in [0, 0.05) is 0 Å². The lowest BCUT2D eigenvalue weighted by molar-refractivity contribution is -0.274. The van der Waals surface area contributed by atoms with Gasteiger partial charge in [0.15, 0.2) is 5.75 Å². The highest BCUT2D eigenvalue weighted by Crippen LogP contribution is 2.36. The standard InChI is InChI=1S/C8H5ClF3NO3/c9-4-1-3(7(14)15)2-5(13)6(4)16-8(10,11)12/h1-2H,13H2,(H,14,15). The summed E-state index contributed by atoms with van der Waals surface area (Å²) >= 11 is 5.42. The fourth-order valence-electron chi connectivity index (χ4n) is 0.962. The van der Waals surface area contributed by atoms with Crippen molar-refractivity contribution in [3.05, 3.63) is 22.7 Å². The van der Waals surface area contributed by atoms with E-state index in [0.717, 1.165) is 12.1 Å². The van der Waals surface area contributed by atoms with Gasteiger partial charge in [-0.25, -0.2) is 4.79 Å². The zero-order chi connectivity index (χ0) is 12.5. The summed E-state index contributed by atoms with van der Waals surface area (Å²) in [5.41, 5.74) is 4.37. The first-order chi connectivity index (χ1) is 7.20. The summed E-state index contributed by atoms with van der Waals surface area (Å²) in [6, 6.07) is 1.65. The summed E-state index contributed by atoms with van der Waals surface area (Å²) in [4.78, 5) is 10.5. The zero-order valence-corrected chi connectivity index (χ0v) is 8.26. The highest BCUT2D eigenvalue weighted by atomic mass is 35.5. The topological polar surface area (TPSA) is 72.6 Å². The lowest BCUT2D eigenvalue weighted by Crippen LogP contribution is -2.18. The minimum atomic E-state index is -4.94. The summed E-state index contributed by atoms with van der Waals surface area (Å²) in [7, 11) is 0. The van der Waals surface area contributed by atoms with Gasteiger partial charge in [0.25, 0.3) is 0 Å². The Morgan fingerprint density at radius 1 is 1.44 bits per heavy atom. The SMILES string of the molecule is Nc1cc(C(=O)O)cc(Cl)c1OC(F)(F)F. The number of carboxylic acids is 1. The Hall–Kier alpha value is -1.63. The second-order valence-electron chi connectivity index (χ2n) is 2.73. The number of benzene rings is 1. The maximum Gasteiger partial charge on any atom is 0.573 e. The highest BCUT2D eigenvalue weighted by molar-refractivity contribution is 6.32. The van der Waals surface area contributed by atoms with Gasteiger partial charge in [0.2, 0.25) is 0 Å². The minimum absolute atomic E-state index is 0.322. The molecular weight excluding hydrogens is 251 g/mol. The Kier molecular flexibility index (Phi) is 3.18. The number of carboxylic acid groups (broad SMARTS) is 1. The lowest BCUT2D eigenvalue weighted by atomic mass is 10.2. The molecule has 0 unspecified atom stereocenters. The van der Waals surface area contributed by atoms with Gasteiger partial charge < -0.3 is 15.6 Å². The molecule has 0 amide bonds. The number of hydrogen-bond donors (Lipinski definition) is 2. The minimum Gasteiger partial charge on any atom is -0.478 e. The second kappa shape index (κ2) is 4.09. The van der Waals surface area contributed by atoms with E-state index in [1.54, 1.807) is 0 Å². The molecule has 8 heteroatoms. The summed E-state index contributed by atoms with van der Waals surface area (Å²) in [6.45, 7) is 0. The predicted octanol–water partition coefficient (Wildman–Crippen LogP) is 2.52. The molecule has 3 N–H and O–H groups in total. The fraction of sp³-hybridized carbons (Fsp3) is 0.125. The summed E-state index contributed by atoms with van der Waals surface area (Å²) in [6.07, 6.45) is -4.94. The number of alkyl halides is 3. The first kappa shape index (κ1) is 12.4. The number of ether oxygens (including phenoxy) is 1. The molecule has 1 aromatic rings.